The lowest BCUT2D eigenvalue weighted by molar-refractivity contribution is -0.131. The first-order valence-corrected chi connectivity index (χ1v) is 9.37. The molecule has 0 saturated carbocycles. The van der Waals surface area contributed by atoms with Crippen LogP contribution >= 0.6 is 0 Å². The van der Waals surface area contributed by atoms with Gasteiger partial charge in [-0.15, -0.1) is 0 Å². The Labute approximate surface area is 155 Å². The maximum atomic E-state index is 11.3. The summed E-state index contributed by atoms with van der Waals surface area (Å²) in [5.74, 6) is 1.48. The van der Waals surface area contributed by atoms with Crippen LogP contribution in [0.2, 0.25) is 0 Å². The highest BCUT2D eigenvalue weighted by atomic mass is 16.6. The van der Waals surface area contributed by atoms with Crippen molar-refractivity contribution < 1.29 is 14.3 Å². The molecule has 1 aliphatic heterocycles. The number of rotatable bonds is 6. The van der Waals surface area contributed by atoms with Gasteiger partial charge in [0, 0.05) is 13.0 Å². The molecule has 1 fully saturated rings. The van der Waals surface area contributed by atoms with E-state index in [1.54, 1.807) is 6.07 Å². The summed E-state index contributed by atoms with van der Waals surface area (Å²) in [6, 6.07) is 16.0. The Morgan fingerprint density at radius 1 is 1.04 bits per heavy atom. The van der Waals surface area contributed by atoms with Crippen LogP contribution in [0.5, 0.6) is 17.2 Å². The summed E-state index contributed by atoms with van der Waals surface area (Å²) < 4.78 is 11.4. The number of benzene rings is 2. The van der Waals surface area contributed by atoms with Crippen LogP contribution in [0, 0.1) is 0 Å². The van der Waals surface area contributed by atoms with Gasteiger partial charge in [0.1, 0.15) is 5.75 Å². The zero-order valence-corrected chi connectivity index (χ0v) is 15.6. The third-order valence-corrected chi connectivity index (χ3v) is 4.96. The molecule has 0 bridgehead atoms. The first-order valence-electron chi connectivity index (χ1n) is 9.37. The molecule has 4 heteroatoms. The second kappa shape index (κ2) is 8.86. The van der Waals surface area contributed by atoms with E-state index in [1.165, 1.54) is 38.3 Å². The van der Waals surface area contributed by atoms with Gasteiger partial charge < -0.3 is 14.4 Å². The summed E-state index contributed by atoms with van der Waals surface area (Å²) in [6.07, 6.45) is 6.00. The monoisotopic (exact) mass is 353 g/mol. The lowest BCUT2D eigenvalue weighted by atomic mass is 9.96. The molecule has 26 heavy (non-hydrogen) atoms. The molecule has 0 aliphatic carbocycles. The van der Waals surface area contributed by atoms with Crippen molar-refractivity contribution in [1.82, 2.24) is 4.90 Å². The van der Waals surface area contributed by atoms with Crippen molar-refractivity contribution >= 4 is 5.97 Å². The predicted molar refractivity (Wildman–Crippen MR) is 103 cm³/mol. The lowest BCUT2D eigenvalue weighted by Crippen LogP contribution is -2.36. The van der Waals surface area contributed by atoms with Gasteiger partial charge in [0.15, 0.2) is 11.5 Å². The summed E-state index contributed by atoms with van der Waals surface area (Å²) in [7, 11) is 2.22. The number of carbonyl (C=O) groups is 1. The first kappa shape index (κ1) is 18.5. The number of esters is 1. The predicted octanol–water partition coefficient (Wildman–Crippen LogP) is 4.82. The number of ether oxygens (including phenoxy) is 2. The second-order valence-corrected chi connectivity index (χ2v) is 6.92. The van der Waals surface area contributed by atoms with Crippen LogP contribution in [-0.2, 0) is 11.2 Å². The van der Waals surface area contributed by atoms with Gasteiger partial charge in [-0.05, 0) is 63.0 Å². The molecule has 1 heterocycles. The van der Waals surface area contributed by atoms with Crippen molar-refractivity contribution in [2.75, 3.05) is 13.6 Å². The molecule has 0 aromatic heterocycles. The van der Waals surface area contributed by atoms with Gasteiger partial charge in [-0.3, -0.25) is 4.79 Å². The number of piperidine rings is 1. The van der Waals surface area contributed by atoms with Crippen molar-refractivity contribution in [1.29, 1.82) is 0 Å². The fraction of sp³-hybridized carbons (Fsp3) is 0.409. The topological polar surface area (TPSA) is 38.8 Å². The lowest BCUT2D eigenvalue weighted by Gasteiger charge is -2.32. The van der Waals surface area contributed by atoms with E-state index < -0.39 is 0 Å². The van der Waals surface area contributed by atoms with Gasteiger partial charge >= 0.3 is 5.97 Å². The Morgan fingerprint density at radius 3 is 2.46 bits per heavy atom. The summed E-state index contributed by atoms with van der Waals surface area (Å²) in [5, 5.41) is 0. The molecule has 0 amide bonds. The number of likely N-dealkylation sites (tertiary alicyclic amines) is 1. The third kappa shape index (κ3) is 4.85. The van der Waals surface area contributed by atoms with Gasteiger partial charge in [0.05, 0.1) is 0 Å². The van der Waals surface area contributed by atoms with Crippen LogP contribution in [-0.4, -0.2) is 30.5 Å². The SMILES string of the molecule is CC(=O)Oc1ccccc1Oc1ccccc1CCC1CCCCN1C. The first-order chi connectivity index (χ1) is 12.6. The third-order valence-electron chi connectivity index (χ3n) is 4.96. The van der Waals surface area contributed by atoms with Gasteiger partial charge in [0.2, 0.25) is 0 Å². The van der Waals surface area contributed by atoms with E-state index in [0.29, 0.717) is 17.5 Å². The highest BCUT2D eigenvalue weighted by molar-refractivity contribution is 5.70. The number of hydrogen-bond acceptors (Lipinski definition) is 4. The molecule has 1 saturated heterocycles. The standard InChI is InChI=1S/C22H27NO3/c1-17(24)25-21-12-5-6-13-22(21)26-20-11-4-3-9-18(20)14-15-19-10-7-8-16-23(19)2/h3-6,9,11-13,19H,7-8,10,14-16H2,1-2H3. The number of aryl methyl sites for hydroxylation is 1. The number of para-hydroxylation sites is 3. The molecule has 2 aromatic carbocycles. The van der Waals surface area contributed by atoms with E-state index in [1.807, 2.05) is 36.4 Å². The summed E-state index contributed by atoms with van der Waals surface area (Å²) >= 11 is 0. The Bertz CT molecular complexity index is 744. The molecule has 0 spiro atoms. The normalized spacial score (nSPS) is 17.7. The Morgan fingerprint density at radius 2 is 1.73 bits per heavy atom. The quantitative estimate of drug-likeness (QED) is 0.551. The highest BCUT2D eigenvalue weighted by Crippen LogP contribution is 2.34. The molecule has 1 unspecified atom stereocenters. The smallest absolute Gasteiger partial charge is 0.308 e. The fourth-order valence-corrected chi connectivity index (χ4v) is 3.53. The van der Waals surface area contributed by atoms with E-state index >= 15 is 0 Å². The molecular weight excluding hydrogens is 326 g/mol. The minimum atomic E-state index is -0.352. The zero-order valence-electron chi connectivity index (χ0n) is 15.6. The number of carbonyl (C=O) groups excluding carboxylic acids is 1. The van der Waals surface area contributed by atoms with E-state index in [0.717, 1.165) is 18.6 Å². The van der Waals surface area contributed by atoms with Crippen molar-refractivity contribution in [3.8, 4) is 17.2 Å². The van der Waals surface area contributed by atoms with Crippen molar-refractivity contribution in [2.24, 2.45) is 0 Å². The van der Waals surface area contributed by atoms with Crippen molar-refractivity contribution in [2.45, 2.75) is 45.1 Å². The van der Waals surface area contributed by atoms with Crippen molar-refractivity contribution in [3.63, 3.8) is 0 Å². The molecular formula is C22H27NO3. The second-order valence-electron chi connectivity index (χ2n) is 6.92. The van der Waals surface area contributed by atoms with Gasteiger partial charge in [-0.1, -0.05) is 36.8 Å². The van der Waals surface area contributed by atoms with Crippen LogP contribution in [0.4, 0.5) is 0 Å². The van der Waals surface area contributed by atoms with Gasteiger partial charge in [0.25, 0.3) is 0 Å². The Kier molecular flexibility index (Phi) is 6.29. The molecule has 0 N–H and O–H groups in total. The minimum Gasteiger partial charge on any atom is -0.453 e. The summed E-state index contributed by atoms with van der Waals surface area (Å²) in [6.45, 7) is 2.59. The van der Waals surface area contributed by atoms with Gasteiger partial charge in [-0.25, -0.2) is 0 Å². The molecule has 4 nitrogen and oxygen atoms in total. The minimum absolute atomic E-state index is 0.352. The Hall–Kier alpha value is -2.33. The molecule has 3 rings (SSSR count). The van der Waals surface area contributed by atoms with E-state index in [4.69, 9.17) is 9.47 Å². The molecule has 2 aromatic rings. The summed E-state index contributed by atoms with van der Waals surface area (Å²) in [5.41, 5.74) is 1.18. The average molecular weight is 353 g/mol. The van der Waals surface area contributed by atoms with Crippen LogP contribution in [0.15, 0.2) is 48.5 Å². The van der Waals surface area contributed by atoms with E-state index in [-0.39, 0.29) is 5.97 Å². The Balaban J connectivity index is 1.72. The number of nitrogens with zero attached hydrogens (tertiary/aromatic N) is 1. The zero-order chi connectivity index (χ0) is 18.4. The maximum absolute atomic E-state index is 11.3. The van der Waals surface area contributed by atoms with Crippen LogP contribution in [0.1, 0.15) is 38.2 Å². The van der Waals surface area contributed by atoms with Crippen LogP contribution < -0.4 is 9.47 Å². The maximum Gasteiger partial charge on any atom is 0.308 e. The van der Waals surface area contributed by atoms with Crippen LogP contribution in [0.25, 0.3) is 0 Å². The molecule has 138 valence electrons. The molecule has 0 radical (unpaired) electrons. The van der Waals surface area contributed by atoms with Crippen molar-refractivity contribution in [3.05, 3.63) is 54.1 Å². The molecule has 1 atom stereocenters. The van der Waals surface area contributed by atoms with E-state index in [2.05, 4.69) is 18.0 Å². The largest absolute Gasteiger partial charge is 0.453 e. The van der Waals surface area contributed by atoms with Crippen LogP contribution in [0.3, 0.4) is 0 Å². The summed E-state index contributed by atoms with van der Waals surface area (Å²) in [4.78, 5) is 13.8. The number of hydrogen-bond donors (Lipinski definition) is 0. The fourth-order valence-electron chi connectivity index (χ4n) is 3.53. The van der Waals surface area contributed by atoms with E-state index in [9.17, 15) is 4.79 Å². The molecule has 1 aliphatic rings. The highest BCUT2D eigenvalue weighted by Gasteiger charge is 2.19. The average Bonchev–Trinajstić information content (AvgIpc) is 2.63. The van der Waals surface area contributed by atoms with Gasteiger partial charge in [-0.2, -0.15) is 0 Å².